The van der Waals surface area contributed by atoms with E-state index in [2.05, 4.69) is 0 Å². The highest BCUT2D eigenvalue weighted by Crippen LogP contribution is 2.20. The van der Waals surface area contributed by atoms with Crippen LogP contribution in [0.15, 0.2) is 41.3 Å². The van der Waals surface area contributed by atoms with E-state index < -0.39 is 28.4 Å². The maximum atomic E-state index is 13.7. The molecule has 0 aliphatic heterocycles. The van der Waals surface area contributed by atoms with Crippen LogP contribution in [0, 0.1) is 18.6 Å². The normalized spacial score (nSPS) is 12.1. The molecule has 0 saturated heterocycles. The fourth-order valence-corrected chi connectivity index (χ4v) is 3.16. The number of aryl methyl sites for hydroxylation is 1. The summed E-state index contributed by atoms with van der Waals surface area (Å²) in [5.74, 6) is -2.35. The summed E-state index contributed by atoms with van der Waals surface area (Å²) in [5, 5.41) is 8.88. The van der Waals surface area contributed by atoms with Crippen LogP contribution < -0.4 is 0 Å². The van der Waals surface area contributed by atoms with Crippen LogP contribution in [0.5, 0.6) is 0 Å². The lowest BCUT2D eigenvalue weighted by atomic mass is 10.1. The van der Waals surface area contributed by atoms with Gasteiger partial charge in [-0.05, 0) is 48.4 Å². The average Bonchev–Trinajstić information content (AvgIpc) is 2.42. The molecule has 0 saturated carbocycles. The van der Waals surface area contributed by atoms with Gasteiger partial charge in [-0.2, -0.15) is 0 Å². The Morgan fingerprint density at radius 3 is 2.52 bits per heavy atom. The molecule has 1 unspecified atom stereocenters. The minimum Gasteiger partial charge on any atom is -0.478 e. The van der Waals surface area contributed by atoms with Gasteiger partial charge in [-0.3, -0.25) is 4.21 Å². The molecule has 6 heteroatoms. The Hall–Kier alpha value is -2.08. The van der Waals surface area contributed by atoms with Crippen molar-refractivity contribution in [3.63, 3.8) is 0 Å². The molecule has 0 bridgehead atoms. The van der Waals surface area contributed by atoms with Gasteiger partial charge in [-0.15, -0.1) is 0 Å². The molecule has 0 radical (unpaired) electrons. The second kappa shape index (κ2) is 6.13. The maximum absolute atomic E-state index is 13.7. The van der Waals surface area contributed by atoms with Gasteiger partial charge in [-0.1, -0.05) is 6.07 Å². The van der Waals surface area contributed by atoms with Gasteiger partial charge in [0.15, 0.2) is 0 Å². The van der Waals surface area contributed by atoms with Crippen molar-refractivity contribution in [1.82, 2.24) is 0 Å². The fourth-order valence-electron chi connectivity index (χ4n) is 1.85. The second-order valence-electron chi connectivity index (χ2n) is 4.51. The van der Waals surface area contributed by atoms with Gasteiger partial charge in [0.25, 0.3) is 0 Å². The number of carboxylic acid groups (broad SMARTS) is 1. The van der Waals surface area contributed by atoms with E-state index in [4.69, 9.17) is 5.11 Å². The number of carboxylic acids is 1. The highest BCUT2D eigenvalue weighted by molar-refractivity contribution is 7.84. The summed E-state index contributed by atoms with van der Waals surface area (Å²) in [6.07, 6.45) is 0. The Labute approximate surface area is 122 Å². The Kier molecular flexibility index (Phi) is 4.47. The molecule has 2 aromatic rings. The van der Waals surface area contributed by atoms with Crippen molar-refractivity contribution in [2.24, 2.45) is 0 Å². The first-order chi connectivity index (χ1) is 9.88. The lowest BCUT2D eigenvalue weighted by molar-refractivity contribution is 0.0696. The molecular weight excluding hydrogens is 298 g/mol. The molecule has 0 amide bonds. The van der Waals surface area contributed by atoms with Crippen LogP contribution in [-0.4, -0.2) is 15.3 Å². The van der Waals surface area contributed by atoms with Crippen molar-refractivity contribution in [1.29, 1.82) is 0 Å². The standard InChI is InChI=1S/C15H12F2O3S/c1-9-6-12(16)4-2-11(9)8-21(20)14-7-10(15(18)19)3-5-13(14)17/h2-7H,8H2,1H3,(H,18,19). The molecule has 1 atom stereocenters. The number of aromatic carboxylic acids is 1. The lowest BCUT2D eigenvalue weighted by Gasteiger charge is -2.08. The predicted octanol–water partition coefficient (Wildman–Crippen LogP) is 3.28. The SMILES string of the molecule is Cc1cc(F)ccc1CS(=O)c1cc(C(=O)O)ccc1F. The van der Waals surface area contributed by atoms with Crippen molar-refractivity contribution in [3.8, 4) is 0 Å². The predicted molar refractivity (Wildman–Crippen MR) is 74.6 cm³/mol. The summed E-state index contributed by atoms with van der Waals surface area (Å²) < 4.78 is 38.9. The molecule has 0 heterocycles. The van der Waals surface area contributed by atoms with E-state index >= 15 is 0 Å². The highest BCUT2D eigenvalue weighted by atomic mass is 32.2. The maximum Gasteiger partial charge on any atom is 0.335 e. The van der Waals surface area contributed by atoms with Crippen LogP contribution in [0.1, 0.15) is 21.5 Å². The molecule has 0 aliphatic rings. The summed E-state index contributed by atoms with van der Waals surface area (Å²) in [7, 11) is -1.75. The number of carbonyl (C=O) groups is 1. The topological polar surface area (TPSA) is 54.4 Å². The largest absolute Gasteiger partial charge is 0.478 e. The van der Waals surface area contributed by atoms with E-state index in [-0.39, 0.29) is 16.2 Å². The zero-order valence-corrected chi connectivity index (χ0v) is 11.9. The minimum absolute atomic E-state index is 0.00783. The third kappa shape index (κ3) is 3.52. The van der Waals surface area contributed by atoms with Crippen LogP contribution in [0.3, 0.4) is 0 Å². The third-order valence-corrected chi connectivity index (χ3v) is 4.39. The quantitative estimate of drug-likeness (QED) is 0.943. The third-order valence-electron chi connectivity index (χ3n) is 3.01. The van der Waals surface area contributed by atoms with Crippen molar-refractivity contribution in [2.45, 2.75) is 17.6 Å². The molecule has 110 valence electrons. The summed E-state index contributed by atoms with van der Waals surface area (Å²) >= 11 is 0. The van der Waals surface area contributed by atoms with Gasteiger partial charge < -0.3 is 5.11 Å². The van der Waals surface area contributed by atoms with Crippen LogP contribution in [0.25, 0.3) is 0 Å². The zero-order valence-electron chi connectivity index (χ0n) is 11.1. The van der Waals surface area contributed by atoms with Crippen molar-refractivity contribution < 1.29 is 22.9 Å². The second-order valence-corrected chi connectivity index (χ2v) is 5.93. The molecule has 1 N–H and O–H groups in total. The minimum atomic E-state index is -1.75. The fraction of sp³-hybridized carbons (Fsp3) is 0.133. The van der Waals surface area contributed by atoms with E-state index in [0.717, 1.165) is 18.2 Å². The van der Waals surface area contributed by atoms with Gasteiger partial charge in [0.2, 0.25) is 0 Å². The molecule has 0 spiro atoms. The Morgan fingerprint density at radius 2 is 1.90 bits per heavy atom. The molecule has 0 aliphatic carbocycles. The first-order valence-corrected chi connectivity index (χ1v) is 7.36. The van der Waals surface area contributed by atoms with Gasteiger partial charge in [0.1, 0.15) is 11.6 Å². The average molecular weight is 310 g/mol. The van der Waals surface area contributed by atoms with Gasteiger partial charge >= 0.3 is 5.97 Å². The number of hydrogen-bond acceptors (Lipinski definition) is 2. The Bertz CT molecular complexity index is 729. The van der Waals surface area contributed by atoms with Gasteiger partial charge in [0, 0.05) is 0 Å². The summed E-state index contributed by atoms with van der Waals surface area (Å²) in [6.45, 7) is 1.67. The summed E-state index contributed by atoms with van der Waals surface area (Å²) in [4.78, 5) is 10.7. The number of benzene rings is 2. The molecular formula is C15H12F2O3S. The number of halogens is 2. The lowest BCUT2D eigenvalue weighted by Crippen LogP contribution is -2.04. The van der Waals surface area contributed by atoms with Gasteiger partial charge in [-0.25, -0.2) is 13.6 Å². The number of rotatable bonds is 4. The summed E-state index contributed by atoms with van der Waals surface area (Å²) in [5.41, 5.74) is 1.10. The molecule has 2 rings (SSSR count). The molecule has 0 fully saturated rings. The van der Waals surface area contributed by atoms with Crippen LogP contribution >= 0.6 is 0 Å². The zero-order chi connectivity index (χ0) is 15.6. The van der Waals surface area contributed by atoms with Crippen molar-refractivity contribution in [2.75, 3.05) is 0 Å². The molecule has 21 heavy (non-hydrogen) atoms. The molecule has 3 nitrogen and oxygen atoms in total. The summed E-state index contributed by atoms with van der Waals surface area (Å²) in [6, 6.07) is 7.18. The van der Waals surface area contributed by atoms with Crippen LogP contribution in [-0.2, 0) is 16.6 Å². The molecule has 2 aromatic carbocycles. The van der Waals surface area contributed by atoms with E-state index in [0.29, 0.717) is 11.1 Å². The van der Waals surface area contributed by atoms with Crippen LogP contribution in [0.4, 0.5) is 8.78 Å². The Balaban J connectivity index is 2.32. The van der Waals surface area contributed by atoms with E-state index in [1.54, 1.807) is 6.92 Å². The van der Waals surface area contributed by atoms with Crippen LogP contribution in [0.2, 0.25) is 0 Å². The van der Waals surface area contributed by atoms with E-state index in [1.807, 2.05) is 0 Å². The Morgan fingerprint density at radius 1 is 1.19 bits per heavy atom. The first kappa shape index (κ1) is 15.3. The van der Waals surface area contributed by atoms with E-state index in [9.17, 15) is 17.8 Å². The highest BCUT2D eigenvalue weighted by Gasteiger charge is 2.15. The molecule has 0 aromatic heterocycles. The van der Waals surface area contributed by atoms with Crippen molar-refractivity contribution in [3.05, 3.63) is 64.7 Å². The number of hydrogen-bond donors (Lipinski definition) is 1. The van der Waals surface area contributed by atoms with Crippen molar-refractivity contribution >= 4 is 16.8 Å². The monoisotopic (exact) mass is 310 g/mol. The smallest absolute Gasteiger partial charge is 0.335 e. The van der Waals surface area contributed by atoms with Gasteiger partial charge in [0.05, 0.1) is 27.0 Å². The first-order valence-electron chi connectivity index (χ1n) is 6.04. The van der Waals surface area contributed by atoms with E-state index in [1.165, 1.54) is 18.2 Å².